The van der Waals surface area contributed by atoms with Crippen molar-refractivity contribution in [3.8, 4) is 6.07 Å². The summed E-state index contributed by atoms with van der Waals surface area (Å²) in [6, 6.07) is 15.2. The first-order chi connectivity index (χ1) is 14.0. The Balaban J connectivity index is 1.68. The number of thiazole rings is 1. The molecule has 29 heavy (non-hydrogen) atoms. The number of carbonyl (C=O) groups excluding carboxylic acids is 1. The lowest BCUT2D eigenvalue weighted by Gasteiger charge is -2.23. The largest absolute Gasteiger partial charge is 0.464 e. The highest BCUT2D eigenvalue weighted by Gasteiger charge is 2.08. The average molecular weight is 408 g/mol. The topological polar surface area (TPSA) is 117 Å². The van der Waals surface area contributed by atoms with Gasteiger partial charge in [0.2, 0.25) is 5.13 Å². The Hall–Kier alpha value is -3.51. The third-order valence-corrected chi connectivity index (χ3v) is 4.93. The molecule has 0 bridgehead atoms. The van der Waals surface area contributed by atoms with E-state index in [1.807, 2.05) is 41.3 Å². The number of fused-ring (bicyclic) bond motifs is 1. The summed E-state index contributed by atoms with van der Waals surface area (Å²) in [5.74, 6) is -0.321. The number of benzene rings is 2. The van der Waals surface area contributed by atoms with Crippen LogP contribution in [-0.4, -0.2) is 30.6 Å². The van der Waals surface area contributed by atoms with Crippen molar-refractivity contribution in [2.45, 2.75) is 13.3 Å². The van der Waals surface area contributed by atoms with E-state index < -0.39 is 0 Å². The van der Waals surface area contributed by atoms with Gasteiger partial charge in [-0.05, 0) is 42.5 Å². The number of anilines is 2. The van der Waals surface area contributed by atoms with Crippen molar-refractivity contribution in [2.24, 2.45) is 10.2 Å². The fourth-order valence-electron chi connectivity index (χ4n) is 2.66. The number of carbonyl (C=O) groups is 1. The number of ether oxygens (including phenoxy) is 1. The van der Waals surface area contributed by atoms with E-state index in [1.54, 1.807) is 6.07 Å². The molecule has 0 unspecified atom stereocenters. The van der Waals surface area contributed by atoms with Crippen LogP contribution in [0.5, 0.6) is 0 Å². The minimum absolute atomic E-state index is 0.268. The zero-order chi connectivity index (χ0) is 20.6. The number of azo groups is 1. The maximum absolute atomic E-state index is 11.0. The van der Waals surface area contributed by atoms with Crippen molar-refractivity contribution in [1.29, 1.82) is 5.26 Å². The second-order valence-corrected chi connectivity index (χ2v) is 7.18. The first-order valence-corrected chi connectivity index (χ1v) is 9.80. The van der Waals surface area contributed by atoms with Crippen LogP contribution >= 0.6 is 11.3 Å². The van der Waals surface area contributed by atoms with Crippen molar-refractivity contribution in [2.75, 3.05) is 30.3 Å². The van der Waals surface area contributed by atoms with Gasteiger partial charge in [0.25, 0.3) is 0 Å². The van der Waals surface area contributed by atoms with Gasteiger partial charge in [-0.3, -0.25) is 4.79 Å². The Kier molecular flexibility index (Phi) is 6.71. The molecule has 1 aromatic heterocycles. The first kappa shape index (κ1) is 20.2. The fraction of sp³-hybridized carbons (Fsp3) is 0.250. The van der Waals surface area contributed by atoms with Crippen molar-refractivity contribution in [1.82, 2.24) is 4.98 Å². The van der Waals surface area contributed by atoms with Crippen LogP contribution in [-0.2, 0) is 9.53 Å². The van der Waals surface area contributed by atoms with E-state index in [-0.39, 0.29) is 12.6 Å². The molecule has 1 heterocycles. The molecule has 3 rings (SSSR count). The molecule has 2 aromatic carbocycles. The lowest BCUT2D eigenvalue weighted by Crippen LogP contribution is -2.28. The second-order valence-electron chi connectivity index (χ2n) is 6.18. The number of nitrogen functional groups attached to an aromatic ring is 1. The summed E-state index contributed by atoms with van der Waals surface area (Å²) in [5, 5.41) is 17.9. The fourth-order valence-corrected chi connectivity index (χ4v) is 3.49. The number of rotatable bonds is 8. The SMILES string of the molecule is CC(=O)OCCN(CCC#N)c1ccc(N=Nc2nc3ccc(N)cc3s2)cc1. The van der Waals surface area contributed by atoms with Crippen LogP contribution in [0.15, 0.2) is 52.7 Å². The normalized spacial score (nSPS) is 10.9. The Morgan fingerprint density at radius 3 is 2.76 bits per heavy atom. The summed E-state index contributed by atoms with van der Waals surface area (Å²) in [5.41, 5.74) is 8.93. The number of hydrogen-bond donors (Lipinski definition) is 1. The molecular weight excluding hydrogens is 388 g/mol. The van der Waals surface area contributed by atoms with Crippen molar-refractivity contribution in [3.05, 3.63) is 42.5 Å². The summed E-state index contributed by atoms with van der Waals surface area (Å²) < 4.78 is 5.97. The minimum atomic E-state index is -0.321. The highest BCUT2D eigenvalue weighted by atomic mass is 32.1. The molecule has 0 aliphatic heterocycles. The van der Waals surface area contributed by atoms with Crippen LogP contribution in [0.2, 0.25) is 0 Å². The molecule has 0 fully saturated rings. The van der Waals surface area contributed by atoms with Gasteiger partial charge in [-0.2, -0.15) is 5.26 Å². The molecule has 0 saturated carbocycles. The molecular formula is C20H20N6O2S. The number of esters is 1. The number of nitriles is 1. The molecule has 8 nitrogen and oxygen atoms in total. The Morgan fingerprint density at radius 1 is 1.24 bits per heavy atom. The van der Waals surface area contributed by atoms with E-state index in [4.69, 9.17) is 15.7 Å². The Bertz CT molecular complexity index is 1060. The van der Waals surface area contributed by atoms with Crippen LogP contribution in [0, 0.1) is 11.3 Å². The monoisotopic (exact) mass is 408 g/mol. The van der Waals surface area contributed by atoms with Crippen LogP contribution in [0.4, 0.5) is 22.2 Å². The quantitative estimate of drug-likeness (QED) is 0.331. The molecule has 0 spiro atoms. The van der Waals surface area contributed by atoms with Gasteiger partial charge in [0.15, 0.2) is 0 Å². The standard InChI is InChI=1S/C20H20N6O2S/c1-14(27)28-12-11-26(10-2-9-21)17-6-4-16(5-7-17)24-25-20-23-18-8-3-15(22)13-19(18)29-20/h3-8,13H,2,10-12,22H2,1H3. The highest BCUT2D eigenvalue weighted by molar-refractivity contribution is 7.21. The molecule has 3 aromatic rings. The second kappa shape index (κ2) is 9.61. The van der Waals surface area contributed by atoms with Crippen molar-refractivity contribution < 1.29 is 9.53 Å². The van der Waals surface area contributed by atoms with E-state index in [1.165, 1.54) is 18.3 Å². The van der Waals surface area contributed by atoms with Crippen LogP contribution in [0.25, 0.3) is 10.2 Å². The molecule has 0 saturated heterocycles. The summed E-state index contributed by atoms with van der Waals surface area (Å²) >= 11 is 1.43. The van der Waals surface area contributed by atoms with Crippen molar-refractivity contribution in [3.63, 3.8) is 0 Å². The zero-order valence-electron chi connectivity index (χ0n) is 15.9. The maximum atomic E-state index is 11.0. The summed E-state index contributed by atoms with van der Waals surface area (Å²) in [6.07, 6.45) is 0.379. The van der Waals surface area contributed by atoms with E-state index in [0.29, 0.717) is 36.0 Å². The smallest absolute Gasteiger partial charge is 0.302 e. The van der Waals surface area contributed by atoms with Crippen molar-refractivity contribution >= 4 is 49.7 Å². The summed E-state index contributed by atoms with van der Waals surface area (Å²) in [6.45, 7) is 2.70. The number of hydrogen-bond acceptors (Lipinski definition) is 9. The van der Waals surface area contributed by atoms with Gasteiger partial charge in [-0.25, -0.2) is 4.98 Å². The average Bonchev–Trinajstić information content (AvgIpc) is 3.11. The van der Waals surface area contributed by atoms with E-state index >= 15 is 0 Å². The lowest BCUT2D eigenvalue weighted by molar-refractivity contribution is -0.140. The molecule has 0 aliphatic carbocycles. The van der Waals surface area contributed by atoms with Gasteiger partial charge in [0.05, 0.1) is 34.9 Å². The van der Waals surface area contributed by atoms with Gasteiger partial charge in [-0.15, -0.1) is 10.2 Å². The van der Waals surface area contributed by atoms with E-state index in [9.17, 15) is 4.79 Å². The third-order valence-electron chi connectivity index (χ3n) is 4.03. The molecule has 0 aliphatic rings. The molecule has 0 atom stereocenters. The minimum Gasteiger partial charge on any atom is -0.464 e. The van der Waals surface area contributed by atoms with E-state index in [0.717, 1.165) is 15.9 Å². The van der Waals surface area contributed by atoms with Gasteiger partial charge < -0.3 is 15.4 Å². The predicted molar refractivity (Wildman–Crippen MR) is 114 cm³/mol. The molecule has 9 heteroatoms. The maximum Gasteiger partial charge on any atom is 0.302 e. The number of nitrogens with zero attached hydrogens (tertiary/aromatic N) is 5. The van der Waals surface area contributed by atoms with Crippen LogP contribution < -0.4 is 10.6 Å². The number of nitrogens with two attached hydrogens (primary N) is 1. The Morgan fingerprint density at radius 2 is 2.03 bits per heavy atom. The Labute approximate surface area is 172 Å². The highest BCUT2D eigenvalue weighted by Crippen LogP contribution is 2.30. The third kappa shape index (κ3) is 5.73. The first-order valence-electron chi connectivity index (χ1n) is 8.98. The predicted octanol–water partition coefficient (Wildman–Crippen LogP) is 4.58. The van der Waals surface area contributed by atoms with Gasteiger partial charge >= 0.3 is 5.97 Å². The molecule has 148 valence electrons. The van der Waals surface area contributed by atoms with Crippen LogP contribution in [0.3, 0.4) is 0 Å². The number of aromatic nitrogens is 1. The molecule has 2 N–H and O–H groups in total. The van der Waals surface area contributed by atoms with Crippen LogP contribution in [0.1, 0.15) is 13.3 Å². The lowest BCUT2D eigenvalue weighted by atomic mass is 10.2. The molecule has 0 amide bonds. The summed E-state index contributed by atoms with van der Waals surface area (Å²) in [4.78, 5) is 17.4. The van der Waals surface area contributed by atoms with Gasteiger partial charge in [-0.1, -0.05) is 11.3 Å². The van der Waals surface area contributed by atoms with E-state index in [2.05, 4.69) is 21.3 Å². The molecule has 0 radical (unpaired) electrons. The van der Waals surface area contributed by atoms with Gasteiger partial charge in [0, 0.05) is 24.8 Å². The summed E-state index contributed by atoms with van der Waals surface area (Å²) in [7, 11) is 0. The van der Waals surface area contributed by atoms with Gasteiger partial charge in [0.1, 0.15) is 6.61 Å². The zero-order valence-corrected chi connectivity index (χ0v) is 16.7.